The number of hydrogen-bond donors (Lipinski definition) is 3. The van der Waals surface area contributed by atoms with Gasteiger partial charge >= 0.3 is 0 Å². The van der Waals surface area contributed by atoms with Crippen LogP contribution in [-0.4, -0.2) is 54.7 Å². The summed E-state index contributed by atoms with van der Waals surface area (Å²) in [6.45, 7) is 8.94. The van der Waals surface area contributed by atoms with Crippen LogP contribution in [0.1, 0.15) is 40.5 Å². The average molecular weight is 408 g/mol. The third kappa shape index (κ3) is 4.14. The monoisotopic (exact) mass is 407 g/mol. The van der Waals surface area contributed by atoms with Gasteiger partial charge in [0.25, 0.3) is 0 Å². The first-order valence-electron chi connectivity index (χ1n) is 10.2. The average Bonchev–Trinajstić information content (AvgIpc) is 3.20. The van der Waals surface area contributed by atoms with Crippen LogP contribution in [0.4, 0.5) is 5.82 Å². The number of anilines is 1. The highest BCUT2D eigenvalue weighted by molar-refractivity contribution is 5.72. The van der Waals surface area contributed by atoms with Crippen LogP contribution in [0.5, 0.6) is 5.75 Å². The summed E-state index contributed by atoms with van der Waals surface area (Å²) in [6.07, 6.45) is 7.23. The zero-order valence-electron chi connectivity index (χ0n) is 18.1. The molecule has 1 fully saturated rings. The van der Waals surface area contributed by atoms with Crippen LogP contribution in [0.15, 0.2) is 36.8 Å². The van der Waals surface area contributed by atoms with E-state index in [0.29, 0.717) is 17.4 Å². The molecule has 2 aromatic heterocycles. The number of aromatic amines is 1. The Morgan fingerprint density at radius 2 is 1.77 bits per heavy atom. The standard InChI is InChI=1S/C22H29N7O/c1-21(2)9-16(10-22(3,4)28-21)29(5)19-13-23-20(27-26-19)17-7-6-14(8-18(17)30)15-11-24-25-12-15/h6-8,11-13,16,28,30H,9-10H2,1-5H3,(H,24,25). The Hall–Kier alpha value is -3.00. The highest BCUT2D eigenvalue weighted by Crippen LogP contribution is 2.34. The number of aromatic nitrogens is 5. The lowest BCUT2D eigenvalue weighted by Crippen LogP contribution is -2.62. The van der Waals surface area contributed by atoms with Gasteiger partial charge in [-0.15, -0.1) is 10.2 Å². The molecule has 1 aliphatic heterocycles. The van der Waals surface area contributed by atoms with E-state index in [2.05, 4.69) is 63.3 Å². The van der Waals surface area contributed by atoms with Crippen molar-refractivity contribution in [3.8, 4) is 28.3 Å². The van der Waals surface area contributed by atoms with Gasteiger partial charge in [-0.3, -0.25) is 5.10 Å². The number of H-pyrrole nitrogens is 1. The molecular weight excluding hydrogens is 378 g/mol. The highest BCUT2D eigenvalue weighted by atomic mass is 16.3. The van der Waals surface area contributed by atoms with Gasteiger partial charge in [0, 0.05) is 35.9 Å². The summed E-state index contributed by atoms with van der Waals surface area (Å²) < 4.78 is 0. The molecule has 0 aliphatic carbocycles. The molecule has 0 radical (unpaired) electrons. The van der Waals surface area contributed by atoms with Crippen LogP contribution >= 0.6 is 0 Å². The number of phenolic OH excluding ortho intramolecular Hbond substituents is 1. The summed E-state index contributed by atoms with van der Waals surface area (Å²) in [6, 6.07) is 5.72. The number of nitrogens with one attached hydrogen (secondary N) is 2. The van der Waals surface area contributed by atoms with Gasteiger partial charge in [-0.25, -0.2) is 4.98 Å². The SMILES string of the molecule is CN(c1cnc(-c2ccc(-c3cn[nH]c3)cc2O)nn1)C1CC(C)(C)NC(C)(C)C1. The Kier molecular flexibility index (Phi) is 4.97. The lowest BCUT2D eigenvalue weighted by Gasteiger charge is -2.49. The third-order valence-electron chi connectivity index (χ3n) is 5.70. The molecular formula is C22H29N7O. The fourth-order valence-electron chi connectivity index (χ4n) is 4.59. The molecule has 0 saturated carbocycles. The van der Waals surface area contributed by atoms with Crippen LogP contribution in [-0.2, 0) is 0 Å². The van der Waals surface area contributed by atoms with E-state index in [1.807, 2.05) is 13.1 Å². The van der Waals surface area contributed by atoms with Crippen molar-refractivity contribution in [1.82, 2.24) is 30.7 Å². The van der Waals surface area contributed by atoms with E-state index in [0.717, 1.165) is 29.8 Å². The van der Waals surface area contributed by atoms with Crippen molar-refractivity contribution in [2.45, 2.75) is 57.7 Å². The van der Waals surface area contributed by atoms with Crippen LogP contribution in [0.3, 0.4) is 0 Å². The molecule has 0 unspecified atom stereocenters. The smallest absolute Gasteiger partial charge is 0.185 e. The molecule has 1 saturated heterocycles. The van der Waals surface area contributed by atoms with Crippen molar-refractivity contribution in [3.63, 3.8) is 0 Å². The third-order valence-corrected chi connectivity index (χ3v) is 5.70. The molecule has 0 bridgehead atoms. The molecule has 0 spiro atoms. The molecule has 1 aliphatic rings. The van der Waals surface area contributed by atoms with Gasteiger partial charge in [0.15, 0.2) is 11.6 Å². The van der Waals surface area contributed by atoms with Gasteiger partial charge in [-0.1, -0.05) is 6.07 Å². The first-order valence-corrected chi connectivity index (χ1v) is 10.2. The zero-order chi connectivity index (χ0) is 21.5. The van der Waals surface area contributed by atoms with E-state index >= 15 is 0 Å². The molecule has 0 atom stereocenters. The number of rotatable bonds is 4. The molecule has 8 nitrogen and oxygen atoms in total. The molecule has 0 amide bonds. The quantitative estimate of drug-likeness (QED) is 0.609. The molecule has 4 rings (SSSR count). The molecule has 3 aromatic rings. The van der Waals surface area contributed by atoms with Crippen LogP contribution < -0.4 is 10.2 Å². The minimum atomic E-state index is 0.0456. The first-order chi connectivity index (χ1) is 14.1. The number of hydrogen-bond acceptors (Lipinski definition) is 7. The van der Waals surface area contributed by atoms with Crippen LogP contribution in [0, 0.1) is 0 Å². The fraction of sp³-hybridized carbons (Fsp3) is 0.455. The topological polar surface area (TPSA) is 103 Å². The van der Waals surface area contributed by atoms with Crippen LogP contribution in [0.25, 0.3) is 22.5 Å². The number of aromatic hydroxyl groups is 1. The second-order valence-electron chi connectivity index (χ2n) is 9.42. The van der Waals surface area contributed by atoms with Crippen molar-refractivity contribution in [1.29, 1.82) is 0 Å². The van der Waals surface area contributed by atoms with Gasteiger partial charge in [0.1, 0.15) is 5.75 Å². The van der Waals surface area contributed by atoms with Crippen molar-refractivity contribution >= 4 is 5.82 Å². The van der Waals surface area contributed by atoms with Crippen molar-refractivity contribution in [2.24, 2.45) is 0 Å². The molecule has 158 valence electrons. The predicted molar refractivity (Wildman–Crippen MR) is 117 cm³/mol. The summed E-state index contributed by atoms with van der Waals surface area (Å²) in [5, 5.41) is 29.6. The molecule has 8 heteroatoms. The Balaban J connectivity index is 1.54. The van der Waals surface area contributed by atoms with Gasteiger partial charge in [0.2, 0.25) is 0 Å². The van der Waals surface area contributed by atoms with Crippen LogP contribution in [0.2, 0.25) is 0 Å². The highest BCUT2D eigenvalue weighted by Gasteiger charge is 2.39. The number of phenols is 1. The molecule has 3 heterocycles. The Morgan fingerprint density at radius 1 is 1.03 bits per heavy atom. The van der Waals surface area contributed by atoms with Gasteiger partial charge < -0.3 is 15.3 Å². The summed E-state index contributed by atoms with van der Waals surface area (Å²) in [4.78, 5) is 6.64. The Bertz CT molecular complexity index is 996. The minimum Gasteiger partial charge on any atom is -0.507 e. The van der Waals surface area contributed by atoms with Crippen molar-refractivity contribution < 1.29 is 5.11 Å². The molecule has 30 heavy (non-hydrogen) atoms. The summed E-state index contributed by atoms with van der Waals surface area (Å²) in [7, 11) is 2.05. The van der Waals surface area contributed by atoms with Gasteiger partial charge in [0.05, 0.1) is 18.0 Å². The fourth-order valence-corrected chi connectivity index (χ4v) is 4.59. The van der Waals surface area contributed by atoms with Crippen molar-refractivity contribution in [2.75, 3.05) is 11.9 Å². The van der Waals surface area contributed by atoms with Gasteiger partial charge in [-0.2, -0.15) is 5.10 Å². The minimum absolute atomic E-state index is 0.0456. The second kappa shape index (κ2) is 7.36. The molecule has 1 aromatic carbocycles. The predicted octanol–water partition coefficient (Wildman–Crippen LogP) is 3.38. The lowest BCUT2D eigenvalue weighted by atomic mass is 9.79. The summed E-state index contributed by atoms with van der Waals surface area (Å²) in [5.74, 6) is 1.24. The van der Waals surface area contributed by atoms with E-state index in [9.17, 15) is 5.11 Å². The number of nitrogens with zero attached hydrogens (tertiary/aromatic N) is 5. The van der Waals surface area contributed by atoms with E-state index < -0.39 is 0 Å². The van der Waals surface area contributed by atoms with E-state index in [1.54, 1.807) is 30.7 Å². The number of benzene rings is 1. The Morgan fingerprint density at radius 3 is 2.33 bits per heavy atom. The maximum absolute atomic E-state index is 10.5. The lowest BCUT2D eigenvalue weighted by molar-refractivity contribution is 0.160. The van der Waals surface area contributed by atoms with E-state index in [1.165, 1.54) is 0 Å². The summed E-state index contributed by atoms with van der Waals surface area (Å²) in [5.41, 5.74) is 2.41. The zero-order valence-corrected chi connectivity index (χ0v) is 18.1. The largest absolute Gasteiger partial charge is 0.507 e. The second-order valence-corrected chi connectivity index (χ2v) is 9.42. The maximum atomic E-state index is 10.5. The number of piperidine rings is 1. The normalized spacial score (nSPS) is 18.3. The first kappa shape index (κ1) is 20.3. The Labute approximate surface area is 176 Å². The maximum Gasteiger partial charge on any atom is 0.185 e. The van der Waals surface area contributed by atoms with Crippen molar-refractivity contribution in [3.05, 3.63) is 36.8 Å². The van der Waals surface area contributed by atoms with Gasteiger partial charge in [-0.05, 0) is 58.2 Å². The summed E-state index contributed by atoms with van der Waals surface area (Å²) >= 11 is 0. The molecule has 3 N–H and O–H groups in total. The van der Waals surface area contributed by atoms with E-state index in [4.69, 9.17) is 0 Å². The van der Waals surface area contributed by atoms with E-state index in [-0.39, 0.29) is 16.8 Å².